The van der Waals surface area contributed by atoms with Gasteiger partial charge in [0, 0.05) is 11.8 Å². The van der Waals surface area contributed by atoms with Crippen LogP contribution in [0.25, 0.3) is 0 Å². The van der Waals surface area contributed by atoms with Gasteiger partial charge in [0.2, 0.25) is 0 Å². The molecule has 4 bridgehead atoms. The Morgan fingerprint density at radius 3 is 1.32 bits per heavy atom. The van der Waals surface area contributed by atoms with Gasteiger partial charge in [0.05, 0.1) is 23.3 Å². The SMILES string of the molecule is N#Cc1c2c3c(C#N)c(c1C(c1ccc(O)cc1)C3)C(c1ccc(O)cc1)C2. The molecule has 134 valence electrons. The molecule has 2 N–H and O–H groups in total. The maximum atomic E-state index is 9.88. The van der Waals surface area contributed by atoms with E-state index in [4.69, 9.17) is 0 Å². The van der Waals surface area contributed by atoms with E-state index in [0.717, 1.165) is 46.2 Å². The van der Waals surface area contributed by atoms with Crippen LogP contribution in [0.1, 0.15) is 56.3 Å². The number of phenolic OH excluding ortho intramolecular Hbond substituents is 2. The molecule has 0 heterocycles. The summed E-state index contributed by atoms with van der Waals surface area (Å²) in [7, 11) is 0. The minimum Gasteiger partial charge on any atom is -0.508 e. The fourth-order valence-electron chi connectivity index (χ4n) is 4.92. The molecule has 3 aromatic rings. The molecule has 0 fully saturated rings. The Hall–Kier alpha value is -3.76. The Morgan fingerprint density at radius 2 is 1.00 bits per heavy atom. The summed E-state index contributed by atoms with van der Waals surface area (Å²) in [4.78, 5) is 0. The number of aromatic hydroxyl groups is 2. The van der Waals surface area contributed by atoms with Crippen LogP contribution in [0.3, 0.4) is 0 Å². The quantitative estimate of drug-likeness (QED) is 0.713. The third-order valence-electron chi connectivity index (χ3n) is 6.12. The molecule has 4 heteroatoms. The zero-order valence-corrected chi connectivity index (χ0v) is 15.0. The van der Waals surface area contributed by atoms with E-state index < -0.39 is 0 Å². The van der Waals surface area contributed by atoms with Crippen molar-refractivity contribution in [2.24, 2.45) is 0 Å². The van der Waals surface area contributed by atoms with Crippen molar-refractivity contribution in [3.8, 4) is 23.6 Å². The molecule has 2 unspecified atom stereocenters. The molecule has 4 nitrogen and oxygen atoms in total. The third kappa shape index (κ3) is 2.15. The minimum absolute atomic E-state index is 0.0148. The van der Waals surface area contributed by atoms with E-state index in [1.165, 1.54) is 0 Å². The van der Waals surface area contributed by atoms with E-state index in [1.807, 2.05) is 24.3 Å². The molecular formula is C24H16N2O2. The van der Waals surface area contributed by atoms with Gasteiger partial charge in [-0.3, -0.25) is 0 Å². The van der Waals surface area contributed by atoms with Gasteiger partial charge < -0.3 is 10.2 Å². The highest BCUT2D eigenvalue weighted by Gasteiger charge is 2.42. The highest BCUT2D eigenvalue weighted by Crippen LogP contribution is 2.53. The summed E-state index contributed by atoms with van der Waals surface area (Å²) < 4.78 is 0. The molecule has 0 aliphatic heterocycles. The number of fused-ring (bicyclic) bond motifs is 2. The molecular weight excluding hydrogens is 348 g/mol. The standard InChI is InChI=1S/C24H16N2O2/c25-11-21-20-10-18(14-3-7-16(28)8-4-14)24-22(12-26)19(20)9-17(23(21)24)13-1-5-15(27)6-2-13/h1-8,17-18,27-28H,9-10H2. The second kappa shape index (κ2) is 5.87. The summed E-state index contributed by atoms with van der Waals surface area (Å²) in [6.45, 7) is 0. The first-order valence-electron chi connectivity index (χ1n) is 9.22. The van der Waals surface area contributed by atoms with E-state index in [2.05, 4.69) is 12.1 Å². The summed E-state index contributed by atoms with van der Waals surface area (Å²) in [6.07, 6.45) is 1.44. The van der Waals surface area contributed by atoms with Crippen molar-refractivity contribution in [3.63, 3.8) is 0 Å². The molecule has 0 amide bonds. The Balaban J connectivity index is 1.75. The maximum Gasteiger partial charge on any atom is 0.115 e. The lowest BCUT2D eigenvalue weighted by Gasteiger charge is -2.41. The van der Waals surface area contributed by atoms with Crippen LogP contribution in [-0.4, -0.2) is 10.2 Å². The number of benzene rings is 3. The molecule has 4 aliphatic carbocycles. The highest BCUT2D eigenvalue weighted by molar-refractivity contribution is 5.72. The number of phenols is 2. The van der Waals surface area contributed by atoms with Crippen LogP contribution in [0.5, 0.6) is 11.5 Å². The van der Waals surface area contributed by atoms with Gasteiger partial charge in [0.15, 0.2) is 0 Å². The van der Waals surface area contributed by atoms with Crippen LogP contribution < -0.4 is 0 Å². The van der Waals surface area contributed by atoms with Crippen LogP contribution in [-0.2, 0) is 12.8 Å². The van der Waals surface area contributed by atoms with E-state index in [0.29, 0.717) is 11.1 Å². The number of nitriles is 2. The molecule has 3 aromatic carbocycles. The van der Waals surface area contributed by atoms with Crippen LogP contribution in [0.15, 0.2) is 48.5 Å². The molecule has 2 atom stereocenters. The van der Waals surface area contributed by atoms with E-state index in [-0.39, 0.29) is 23.3 Å². The Bertz CT molecular complexity index is 1100. The van der Waals surface area contributed by atoms with Crippen molar-refractivity contribution in [2.45, 2.75) is 24.7 Å². The van der Waals surface area contributed by atoms with Gasteiger partial charge in [-0.05, 0) is 70.5 Å². The molecule has 0 saturated carbocycles. The molecule has 0 radical (unpaired) electrons. The van der Waals surface area contributed by atoms with Gasteiger partial charge in [0.25, 0.3) is 0 Å². The predicted molar refractivity (Wildman–Crippen MR) is 103 cm³/mol. The summed E-state index contributed by atoms with van der Waals surface area (Å²) in [5.74, 6) is 0.449. The largest absolute Gasteiger partial charge is 0.508 e. The number of hydrogen-bond donors (Lipinski definition) is 2. The second-order valence-corrected chi connectivity index (χ2v) is 7.45. The normalized spacial score (nSPS) is 18.6. The first-order chi connectivity index (χ1) is 13.6. The van der Waals surface area contributed by atoms with Gasteiger partial charge in [0.1, 0.15) is 11.5 Å². The lowest BCUT2D eigenvalue weighted by Crippen LogP contribution is -2.30. The first kappa shape index (κ1) is 16.4. The highest BCUT2D eigenvalue weighted by atomic mass is 16.3. The number of nitrogens with zero attached hydrogens (tertiary/aromatic N) is 2. The average Bonchev–Trinajstić information content (AvgIpc) is 2.73. The van der Waals surface area contributed by atoms with Gasteiger partial charge in [-0.1, -0.05) is 24.3 Å². The van der Waals surface area contributed by atoms with Gasteiger partial charge in [-0.15, -0.1) is 0 Å². The van der Waals surface area contributed by atoms with Crippen LogP contribution in [0, 0.1) is 22.7 Å². The van der Waals surface area contributed by atoms with E-state index in [1.54, 1.807) is 24.3 Å². The monoisotopic (exact) mass is 364 g/mol. The minimum atomic E-state index is 0.0148. The maximum absolute atomic E-state index is 9.88. The average molecular weight is 364 g/mol. The second-order valence-electron chi connectivity index (χ2n) is 7.45. The molecule has 4 aliphatic rings. The summed E-state index contributed by atoms with van der Waals surface area (Å²) in [5, 5.41) is 39.0. The molecule has 0 saturated heterocycles. The zero-order chi connectivity index (χ0) is 19.4. The van der Waals surface area contributed by atoms with Crippen molar-refractivity contribution >= 4 is 0 Å². The van der Waals surface area contributed by atoms with Crippen LogP contribution >= 0.6 is 0 Å². The molecule has 0 spiro atoms. The Labute approximate surface area is 162 Å². The Morgan fingerprint density at radius 1 is 0.643 bits per heavy atom. The van der Waals surface area contributed by atoms with Gasteiger partial charge in [-0.2, -0.15) is 10.5 Å². The Kier molecular flexibility index (Phi) is 3.44. The van der Waals surface area contributed by atoms with Crippen molar-refractivity contribution in [3.05, 3.63) is 93.0 Å². The first-order valence-corrected chi connectivity index (χ1v) is 9.22. The lowest BCUT2D eigenvalue weighted by molar-refractivity contribution is 0.474. The summed E-state index contributed by atoms with van der Waals surface area (Å²) in [5.41, 5.74) is 7.41. The molecule has 28 heavy (non-hydrogen) atoms. The van der Waals surface area contributed by atoms with E-state index >= 15 is 0 Å². The van der Waals surface area contributed by atoms with E-state index in [9.17, 15) is 20.7 Å². The van der Waals surface area contributed by atoms with Crippen molar-refractivity contribution in [2.75, 3.05) is 0 Å². The fraction of sp³-hybridized carbons (Fsp3) is 0.167. The summed E-state index contributed by atoms with van der Waals surface area (Å²) >= 11 is 0. The van der Waals surface area contributed by atoms with Crippen molar-refractivity contribution in [1.29, 1.82) is 10.5 Å². The van der Waals surface area contributed by atoms with Crippen molar-refractivity contribution in [1.82, 2.24) is 0 Å². The number of rotatable bonds is 2. The fourth-order valence-corrected chi connectivity index (χ4v) is 4.92. The number of hydrogen-bond acceptors (Lipinski definition) is 4. The van der Waals surface area contributed by atoms with Crippen molar-refractivity contribution < 1.29 is 10.2 Å². The van der Waals surface area contributed by atoms with Gasteiger partial charge >= 0.3 is 0 Å². The van der Waals surface area contributed by atoms with Crippen LogP contribution in [0.4, 0.5) is 0 Å². The predicted octanol–water partition coefficient (Wildman–Crippen LogP) is 4.22. The smallest absolute Gasteiger partial charge is 0.115 e. The molecule has 0 aromatic heterocycles. The zero-order valence-electron chi connectivity index (χ0n) is 15.0. The van der Waals surface area contributed by atoms with Crippen LogP contribution in [0.2, 0.25) is 0 Å². The lowest BCUT2D eigenvalue weighted by atomic mass is 9.60. The van der Waals surface area contributed by atoms with Gasteiger partial charge in [-0.25, -0.2) is 0 Å². The summed E-state index contributed by atoms with van der Waals surface area (Å²) in [6, 6.07) is 19.0. The topological polar surface area (TPSA) is 88.0 Å². The third-order valence-corrected chi connectivity index (χ3v) is 6.12. The molecule has 7 rings (SSSR count).